The monoisotopic (exact) mass is 269 g/mol. The molecular formula is C12H12FNO5. The molecule has 0 aliphatic heterocycles. The van der Waals surface area contributed by atoms with Crippen molar-refractivity contribution in [2.24, 2.45) is 0 Å². The molecule has 1 aromatic carbocycles. The summed E-state index contributed by atoms with van der Waals surface area (Å²) in [5.41, 5.74) is -0.786. The molecular weight excluding hydrogens is 257 g/mol. The molecule has 0 heterocycles. The van der Waals surface area contributed by atoms with E-state index in [-0.39, 0.29) is 12.2 Å². The Morgan fingerprint density at radius 1 is 1.47 bits per heavy atom. The molecule has 0 N–H and O–H groups in total. The van der Waals surface area contributed by atoms with E-state index in [0.717, 1.165) is 19.1 Å². The van der Waals surface area contributed by atoms with Crippen LogP contribution in [0, 0.1) is 15.9 Å². The molecule has 0 aliphatic carbocycles. The number of ketones is 1. The highest BCUT2D eigenvalue weighted by molar-refractivity contribution is 6.04. The van der Waals surface area contributed by atoms with Crippen molar-refractivity contribution in [3.05, 3.63) is 39.7 Å². The van der Waals surface area contributed by atoms with Crippen LogP contribution >= 0.6 is 0 Å². The number of carbonyl (C=O) groups excluding carboxylic acids is 2. The highest BCUT2D eigenvalue weighted by Crippen LogP contribution is 2.29. The van der Waals surface area contributed by atoms with Crippen molar-refractivity contribution in [2.75, 3.05) is 6.61 Å². The van der Waals surface area contributed by atoms with Gasteiger partial charge in [-0.05, 0) is 26.0 Å². The predicted octanol–water partition coefficient (Wildman–Crippen LogP) is 1.97. The molecule has 0 aromatic heterocycles. The van der Waals surface area contributed by atoms with Gasteiger partial charge in [0.05, 0.1) is 23.2 Å². The normalized spacial score (nSPS) is 11.7. The van der Waals surface area contributed by atoms with Crippen molar-refractivity contribution in [1.82, 2.24) is 0 Å². The summed E-state index contributed by atoms with van der Waals surface area (Å²) in [4.78, 5) is 33.2. The van der Waals surface area contributed by atoms with Crippen molar-refractivity contribution in [3.8, 4) is 0 Å². The Balaban J connectivity index is 3.34. The zero-order valence-electron chi connectivity index (χ0n) is 10.4. The lowest BCUT2D eigenvalue weighted by atomic mass is 9.94. The van der Waals surface area contributed by atoms with E-state index >= 15 is 0 Å². The van der Waals surface area contributed by atoms with Gasteiger partial charge in [-0.15, -0.1) is 0 Å². The highest BCUT2D eigenvalue weighted by Gasteiger charge is 2.33. The van der Waals surface area contributed by atoms with Gasteiger partial charge in [-0.2, -0.15) is 0 Å². The molecule has 19 heavy (non-hydrogen) atoms. The van der Waals surface area contributed by atoms with E-state index in [0.29, 0.717) is 6.07 Å². The summed E-state index contributed by atoms with van der Waals surface area (Å²) in [6, 6.07) is 2.68. The van der Waals surface area contributed by atoms with Gasteiger partial charge in [0, 0.05) is 0 Å². The van der Waals surface area contributed by atoms with Crippen molar-refractivity contribution in [1.29, 1.82) is 0 Å². The number of carbonyl (C=O) groups is 2. The second-order valence-electron chi connectivity index (χ2n) is 3.76. The van der Waals surface area contributed by atoms with Crippen LogP contribution in [0.3, 0.4) is 0 Å². The van der Waals surface area contributed by atoms with E-state index in [2.05, 4.69) is 0 Å². The quantitative estimate of drug-likeness (QED) is 0.353. The summed E-state index contributed by atoms with van der Waals surface area (Å²) >= 11 is 0. The lowest BCUT2D eigenvalue weighted by Crippen LogP contribution is -2.23. The van der Waals surface area contributed by atoms with Gasteiger partial charge < -0.3 is 4.74 Å². The molecule has 0 fully saturated rings. The zero-order chi connectivity index (χ0) is 14.6. The smallest absolute Gasteiger partial charge is 0.321 e. The molecule has 0 saturated carbocycles. The minimum Gasteiger partial charge on any atom is -0.465 e. The van der Waals surface area contributed by atoms with Crippen LogP contribution in [0.2, 0.25) is 0 Å². The second-order valence-corrected chi connectivity index (χ2v) is 3.76. The zero-order valence-corrected chi connectivity index (χ0v) is 10.4. The number of nitrogens with zero attached hydrogens (tertiary/aromatic N) is 1. The van der Waals surface area contributed by atoms with Crippen molar-refractivity contribution in [3.63, 3.8) is 0 Å². The average Bonchev–Trinajstić information content (AvgIpc) is 2.31. The highest BCUT2D eigenvalue weighted by atomic mass is 19.1. The number of rotatable bonds is 5. The molecule has 0 aliphatic rings. The van der Waals surface area contributed by atoms with Crippen LogP contribution in [0.15, 0.2) is 18.2 Å². The van der Waals surface area contributed by atoms with Crippen LogP contribution in [0.1, 0.15) is 25.3 Å². The fourth-order valence-corrected chi connectivity index (χ4v) is 1.66. The minimum atomic E-state index is -1.42. The maximum atomic E-state index is 13.0. The molecule has 0 amide bonds. The lowest BCUT2D eigenvalue weighted by molar-refractivity contribution is -0.385. The molecule has 1 rings (SSSR count). The first-order valence-electron chi connectivity index (χ1n) is 5.49. The third-order valence-corrected chi connectivity index (χ3v) is 2.43. The molecule has 0 bridgehead atoms. The number of benzene rings is 1. The molecule has 0 radical (unpaired) electrons. The third-order valence-electron chi connectivity index (χ3n) is 2.43. The van der Waals surface area contributed by atoms with Gasteiger partial charge in [0.1, 0.15) is 17.5 Å². The van der Waals surface area contributed by atoms with E-state index in [1.165, 1.54) is 0 Å². The average molecular weight is 269 g/mol. The molecule has 6 nitrogen and oxygen atoms in total. The van der Waals surface area contributed by atoms with E-state index in [1.54, 1.807) is 6.92 Å². The molecule has 7 heteroatoms. The molecule has 0 unspecified atom stereocenters. The Hall–Kier alpha value is -2.31. The van der Waals surface area contributed by atoms with Crippen molar-refractivity contribution in [2.45, 2.75) is 19.8 Å². The van der Waals surface area contributed by atoms with Gasteiger partial charge in [0.15, 0.2) is 0 Å². The first kappa shape index (κ1) is 14.7. The fraction of sp³-hybridized carbons (Fsp3) is 0.333. The molecule has 0 saturated heterocycles. The number of Topliss-reactive ketones (excluding diaryl/α,β-unsaturated/α-hetero) is 1. The molecule has 1 atom stereocenters. The number of nitro groups is 1. The topological polar surface area (TPSA) is 86.5 Å². The number of esters is 1. The van der Waals surface area contributed by atoms with Crippen LogP contribution < -0.4 is 0 Å². The van der Waals surface area contributed by atoms with Crippen molar-refractivity contribution >= 4 is 17.4 Å². The first-order valence-corrected chi connectivity index (χ1v) is 5.49. The van der Waals surface area contributed by atoms with Crippen LogP contribution in [-0.2, 0) is 14.3 Å². The molecule has 0 spiro atoms. The van der Waals surface area contributed by atoms with Crippen LogP contribution in [0.25, 0.3) is 0 Å². The van der Waals surface area contributed by atoms with Gasteiger partial charge in [-0.1, -0.05) is 0 Å². The fourth-order valence-electron chi connectivity index (χ4n) is 1.66. The number of hydrogen-bond acceptors (Lipinski definition) is 5. The summed E-state index contributed by atoms with van der Waals surface area (Å²) in [7, 11) is 0. The minimum absolute atomic E-state index is 0.0393. The summed E-state index contributed by atoms with van der Waals surface area (Å²) in [5.74, 6) is -3.72. The SMILES string of the molecule is CCOC(=O)[C@H](C(C)=O)c1ccc(F)cc1[N+](=O)[O-]. The van der Waals surface area contributed by atoms with Gasteiger partial charge in [-0.25, -0.2) is 4.39 Å². The summed E-state index contributed by atoms with van der Waals surface area (Å²) < 4.78 is 17.7. The maximum Gasteiger partial charge on any atom is 0.321 e. The lowest BCUT2D eigenvalue weighted by Gasteiger charge is -2.13. The Kier molecular flexibility index (Phi) is 4.68. The second kappa shape index (κ2) is 6.03. The van der Waals surface area contributed by atoms with Gasteiger partial charge in [0.2, 0.25) is 0 Å². The summed E-state index contributed by atoms with van der Waals surface area (Å²) in [5, 5.41) is 10.9. The maximum absolute atomic E-state index is 13.0. The third kappa shape index (κ3) is 3.34. The van der Waals surface area contributed by atoms with Gasteiger partial charge in [-0.3, -0.25) is 19.7 Å². The molecule has 1 aromatic rings. The summed E-state index contributed by atoms with van der Waals surface area (Å²) in [6.07, 6.45) is 0. The number of nitro benzene ring substituents is 1. The predicted molar refractivity (Wildman–Crippen MR) is 63.1 cm³/mol. The standard InChI is InChI=1S/C12H12FNO5/c1-3-19-12(16)11(7(2)15)9-5-4-8(13)6-10(9)14(17)18/h4-6,11H,3H2,1-2H3/t11-/m1/s1. The van der Waals surface area contributed by atoms with Crippen LogP contribution in [-0.4, -0.2) is 23.3 Å². The van der Waals surface area contributed by atoms with E-state index in [4.69, 9.17) is 4.74 Å². The summed E-state index contributed by atoms with van der Waals surface area (Å²) in [6.45, 7) is 2.71. The van der Waals surface area contributed by atoms with E-state index < -0.39 is 34.1 Å². The molecule has 102 valence electrons. The Bertz CT molecular complexity index is 529. The number of halogens is 1. The number of ether oxygens (including phenoxy) is 1. The van der Waals surface area contributed by atoms with Gasteiger partial charge >= 0.3 is 5.97 Å². The first-order chi connectivity index (χ1) is 8.88. The largest absolute Gasteiger partial charge is 0.465 e. The Morgan fingerprint density at radius 3 is 2.58 bits per heavy atom. The Morgan fingerprint density at radius 2 is 2.11 bits per heavy atom. The van der Waals surface area contributed by atoms with E-state index in [9.17, 15) is 24.1 Å². The number of hydrogen-bond donors (Lipinski definition) is 0. The van der Waals surface area contributed by atoms with Crippen LogP contribution in [0.4, 0.5) is 10.1 Å². The van der Waals surface area contributed by atoms with Crippen molar-refractivity contribution < 1.29 is 23.6 Å². The Labute approximate surface area is 108 Å². The van der Waals surface area contributed by atoms with Crippen LogP contribution in [0.5, 0.6) is 0 Å². The van der Waals surface area contributed by atoms with Gasteiger partial charge in [0.25, 0.3) is 5.69 Å². The van der Waals surface area contributed by atoms with E-state index in [1.807, 2.05) is 0 Å².